The van der Waals surface area contributed by atoms with Crippen molar-refractivity contribution in [1.29, 1.82) is 0 Å². The molecule has 0 amide bonds. The molecule has 2 aromatic rings. The fourth-order valence-corrected chi connectivity index (χ4v) is 2.63. The predicted molar refractivity (Wildman–Crippen MR) is 77.2 cm³/mol. The van der Waals surface area contributed by atoms with E-state index in [-0.39, 0.29) is 6.04 Å². The second-order valence-corrected chi connectivity index (χ2v) is 5.06. The average Bonchev–Trinajstić information content (AvgIpc) is 2.85. The van der Waals surface area contributed by atoms with Gasteiger partial charge < -0.3 is 5.32 Å². The Hall–Kier alpha value is -1.68. The van der Waals surface area contributed by atoms with Crippen molar-refractivity contribution in [1.82, 2.24) is 20.5 Å². The molecule has 1 heterocycles. The summed E-state index contributed by atoms with van der Waals surface area (Å²) in [6.45, 7) is 9.52. The van der Waals surface area contributed by atoms with Gasteiger partial charge in [-0.1, -0.05) is 24.6 Å². The average molecular weight is 258 g/mol. The van der Waals surface area contributed by atoms with Gasteiger partial charge in [-0.2, -0.15) is 5.10 Å². The summed E-state index contributed by atoms with van der Waals surface area (Å²) in [6.07, 6.45) is 2.50. The Kier molecular flexibility index (Phi) is 4.32. The summed E-state index contributed by atoms with van der Waals surface area (Å²) in [7, 11) is 0. The minimum atomic E-state index is 0.188. The van der Waals surface area contributed by atoms with E-state index in [1.807, 2.05) is 0 Å². The number of nitrogens with zero attached hydrogens (tertiary/aromatic N) is 2. The number of H-pyrrole nitrogens is 1. The van der Waals surface area contributed by atoms with Crippen LogP contribution in [0.2, 0.25) is 0 Å². The van der Waals surface area contributed by atoms with Gasteiger partial charge in [-0.05, 0) is 50.4 Å². The van der Waals surface area contributed by atoms with Crippen molar-refractivity contribution < 1.29 is 0 Å². The fourth-order valence-electron chi connectivity index (χ4n) is 2.63. The summed E-state index contributed by atoms with van der Waals surface area (Å²) >= 11 is 0. The zero-order valence-electron chi connectivity index (χ0n) is 12.1. The smallest absolute Gasteiger partial charge is 0.141 e. The van der Waals surface area contributed by atoms with Crippen LogP contribution in [-0.2, 0) is 6.42 Å². The van der Waals surface area contributed by atoms with Gasteiger partial charge in [0, 0.05) is 0 Å². The van der Waals surface area contributed by atoms with Crippen LogP contribution < -0.4 is 5.32 Å². The second-order valence-electron chi connectivity index (χ2n) is 5.06. The van der Waals surface area contributed by atoms with E-state index >= 15 is 0 Å². The summed E-state index contributed by atoms with van der Waals surface area (Å²) in [4.78, 5) is 4.28. The third kappa shape index (κ3) is 3.20. The van der Waals surface area contributed by atoms with Crippen molar-refractivity contribution in [3.63, 3.8) is 0 Å². The molecule has 2 N–H and O–H groups in total. The number of hydrogen-bond acceptors (Lipinski definition) is 3. The lowest BCUT2D eigenvalue weighted by Crippen LogP contribution is -2.24. The van der Waals surface area contributed by atoms with E-state index < -0.39 is 0 Å². The monoisotopic (exact) mass is 258 g/mol. The van der Waals surface area contributed by atoms with Crippen molar-refractivity contribution in [2.45, 2.75) is 40.2 Å². The Morgan fingerprint density at radius 3 is 2.42 bits per heavy atom. The van der Waals surface area contributed by atoms with Crippen LogP contribution in [0.15, 0.2) is 18.5 Å². The molecule has 0 spiro atoms. The SMILES string of the molecule is CCNC(Cc1c(C)cc(C)cc1C)c1ncn[nH]1. The van der Waals surface area contributed by atoms with Gasteiger partial charge in [0.25, 0.3) is 0 Å². The molecule has 1 aromatic heterocycles. The van der Waals surface area contributed by atoms with Gasteiger partial charge in [0.15, 0.2) is 0 Å². The fraction of sp³-hybridized carbons (Fsp3) is 0.467. The summed E-state index contributed by atoms with van der Waals surface area (Å²) in [5.41, 5.74) is 5.41. The maximum Gasteiger partial charge on any atom is 0.141 e. The number of aryl methyl sites for hydroxylation is 3. The van der Waals surface area contributed by atoms with Gasteiger partial charge in [-0.15, -0.1) is 0 Å². The Morgan fingerprint density at radius 2 is 1.89 bits per heavy atom. The standard InChI is InChI=1S/C15H22N4/c1-5-16-14(15-17-9-18-19-15)8-13-11(3)6-10(2)7-12(13)4/h6-7,9,14,16H,5,8H2,1-4H3,(H,17,18,19). The highest BCUT2D eigenvalue weighted by atomic mass is 15.2. The normalized spacial score (nSPS) is 12.6. The van der Waals surface area contributed by atoms with Gasteiger partial charge in [-0.25, -0.2) is 4.98 Å². The molecule has 2 rings (SSSR count). The molecule has 1 atom stereocenters. The molecule has 0 fully saturated rings. The molecule has 0 bridgehead atoms. The van der Waals surface area contributed by atoms with E-state index in [0.717, 1.165) is 18.8 Å². The minimum Gasteiger partial charge on any atom is -0.307 e. The van der Waals surface area contributed by atoms with Gasteiger partial charge in [0.2, 0.25) is 0 Å². The maximum absolute atomic E-state index is 4.28. The first kappa shape index (κ1) is 13.7. The molecule has 102 valence electrons. The molecule has 0 radical (unpaired) electrons. The van der Waals surface area contributed by atoms with E-state index in [9.17, 15) is 0 Å². The highest BCUT2D eigenvalue weighted by molar-refractivity contribution is 5.38. The largest absolute Gasteiger partial charge is 0.307 e. The Labute approximate surface area is 114 Å². The Morgan fingerprint density at radius 1 is 1.21 bits per heavy atom. The number of benzene rings is 1. The number of rotatable bonds is 5. The lowest BCUT2D eigenvalue weighted by Gasteiger charge is -2.18. The van der Waals surface area contributed by atoms with Crippen molar-refractivity contribution in [2.75, 3.05) is 6.54 Å². The molecular weight excluding hydrogens is 236 g/mol. The first-order valence-electron chi connectivity index (χ1n) is 6.77. The van der Waals surface area contributed by atoms with Crippen molar-refractivity contribution in [2.24, 2.45) is 0 Å². The number of nitrogens with one attached hydrogen (secondary N) is 2. The first-order chi connectivity index (χ1) is 9.11. The van der Waals surface area contributed by atoms with Crippen LogP contribution in [0.1, 0.15) is 41.0 Å². The van der Waals surface area contributed by atoms with Crippen LogP contribution in [0, 0.1) is 20.8 Å². The van der Waals surface area contributed by atoms with E-state index in [4.69, 9.17) is 0 Å². The second kappa shape index (κ2) is 5.97. The van der Waals surface area contributed by atoms with Gasteiger partial charge >= 0.3 is 0 Å². The number of aromatic amines is 1. The maximum atomic E-state index is 4.28. The van der Waals surface area contributed by atoms with E-state index in [1.165, 1.54) is 22.3 Å². The molecule has 4 nitrogen and oxygen atoms in total. The van der Waals surface area contributed by atoms with Crippen LogP contribution in [0.3, 0.4) is 0 Å². The molecular formula is C15H22N4. The summed E-state index contributed by atoms with van der Waals surface area (Å²) in [5.74, 6) is 0.904. The third-order valence-electron chi connectivity index (χ3n) is 3.46. The molecule has 0 saturated carbocycles. The minimum absolute atomic E-state index is 0.188. The van der Waals surface area contributed by atoms with E-state index in [2.05, 4.69) is 60.3 Å². The topological polar surface area (TPSA) is 53.6 Å². The number of hydrogen-bond donors (Lipinski definition) is 2. The third-order valence-corrected chi connectivity index (χ3v) is 3.46. The molecule has 0 saturated heterocycles. The van der Waals surface area contributed by atoms with Crippen LogP contribution in [-0.4, -0.2) is 21.7 Å². The molecule has 0 aliphatic heterocycles. The predicted octanol–water partition coefficient (Wildman–Crippen LogP) is 2.62. The highest BCUT2D eigenvalue weighted by Gasteiger charge is 2.16. The summed E-state index contributed by atoms with van der Waals surface area (Å²) in [5, 5.41) is 10.4. The quantitative estimate of drug-likeness (QED) is 0.867. The molecule has 1 aromatic carbocycles. The number of aromatic nitrogens is 3. The van der Waals surface area contributed by atoms with Crippen LogP contribution >= 0.6 is 0 Å². The van der Waals surface area contributed by atoms with Crippen LogP contribution in [0.4, 0.5) is 0 Å². The Bertz CT molecular complexity index is 508. The van der Waals surface area contributed by atoms with Gasteiger partial charge in [-0.3, -0.25) is 5.10 Å². The molecule has 19 heavy (non-hydrogen) atoms. The van der Waals surface area contributed by atoms with Crippen molar-refractivity contribution in [3.8, 4) is 0 Å². The lowest BCUT2D eigenvalue weighted by atomic mass is 9.94. The highest BCUT2D eigenvalue weighted by Crippen LogP contribution is 2.22. The molecule has 4 heteroatoms. The zero-order chi connectivity index (χ0) is 13.8. The van der Waals surface area contributed by atoms with Gasteiger partial charge in [0.05, 0.1) is 6.04 Å². The van der Waals surface area contributed by atoms with E-state index in [0.29, 0.717) is 0 Å². The molecule has 1 unspecified atom stereocenters. The zero-order valence-corrected chi connectivity index (χ0v) is 12.1. The molecule has 0 aliphatic rings. The lowest BCUT2D eigenvalue weighted by molar-refractivity contribution is 0.521. The summed E-state index contributed by atoms with van der Waals surface area (Å²) < 4.78 is 0. The summed E-state index contributed by atoms with van der Waals surface area (Å²) in [6, 6.07) is 4.67. The Balaban J connectivity index is 2.27. The van der Waals surface area contributed by atoms with Crippen LogP contribution in [0.5, 0.6) is 0 Å². The van der Waals surface area contributed by atoms with E-state index in [1.54, 1.807) is 6.33 Å². The first-order valence-corrected chi connectivity index (χ1v) is 6.77. The number of likely N-dealkylation sites (N-methyl/N-ethyl adjacent to an activating group) is 1. The van der Waals surface area contributed by atoms with Crippen molar-refractivity contribution >= 4 is 0 Å². The van der Waals surface area contributed by atoms with Gasteiger partial charge in [0.1, 0.15) is 12.2 Å². The van der Waals surface area contributed by atoms with Crippen molar-refractivity contribution in [3.05, 3.63) is 46.5 Å². The van der Waals surface area contributed by atoms with Crippen LogP contribution in [0.25, 0.3) is 0 Å². The molecule has 0 aliphatic carbocycles.